The standard InChI is InChI=1S/C24H35N5O9/c1-13-16(21(31)32)12-37-20(13)28-11-10-17(26-23(28)35)27-24(36)38-19(22(33)34)14(2)29(25)18(30)9-8-15-6-4-3-5-7-15/h10-11,14-16,19-21,31-32H,1,3-9,12,25H2,2H3,(H,33,34)(H,26,27,35,36)/t14-,16+,19-,20+/m0/s1. The zero-order chi connectivity index (χ0) is 28.0. The van der Waals surface area contributed by atoms with E-state index in [1.165, 1.54) is 25.6 Å². The van der Waals surface area contributed by atoms with Gasteiger partial charge >= 0.3 is 17.8 Å². The van der Waals surface area contributed by atoms with Crippen molar-refractivity contribution in [2.75, 3.05) is 11.9 Å². The first-order chi connectivity index (χ1) is 18.0. The number of rotatable bonds is 10. The summed E-state index contributed by atoms with van der Waals surface area (Å²) in [4.78, 5) is 52.9. The summed E-state index contributed by atoms with van der Waals surface area (Å²) in [6.07, 6.45) is 1.97. The number of anilines is 1. The molecule has 2 fully saturated rings. The molecule has 1 aliphatic carbocycles. The van der Waals surface area contributed by atoms with Crippen LogP contribution < -0.4 is 16.8 Å². The highest BCUT2D eigenvalue weighted by Crippen LogP contribution is 2.33. The number of aliphatic hydroxyl groups excluding tert-OH is 1. The molecule has 0 aromatic carbocycles. The van der Waals surface area contributed by atoms with Crippen molar-refractivity contribution in [1.29, 1.82) is 0 Å². The molecule has 14 nitrogen and oxygen atoms in total. The maximum Gasteiger partial charge on any atom is 0.413 e. The second kappa shape index (κ2) is 13.0. The number of carboxylic acid groups (broad SMARTS) is 1. The quantitative estimate of drug-likeness (QED) is 0.0923. The van der Waals surface area contributed by atoms with Gasteiger partial charge in [-0.05, 0) is 30.9 Å². The van der Waals surface area contributed by atoms with E-state index in [-0.39, 0.29) is 24.4 Å². The molecule has 1 aliphatic heterocycles. The Hall–Kier alpha value is -3.33. The first kappa shape index (κ1) is 29.2. The molecule has 1 saturated heterocycles. The second-order valence-electron chi connectivity index (χ2n) is 9.66. The summed E-state index contributed by atoms with van der Waals surface area (Å²) in [6.45, 7) is 5.03. The van der Waals surface area contributed by atoms with E-state index in [1.807, 2.05) is 0 Å². The monoisotopic (exact) mass is 537 g/mol. The summed E-state index contributed by atoms with van der Waals surface area (Å²) in [5.74, 6) is 3.35. The number of nitrogens with zero attached hydrogens (tertiary/aromatic N) is 3. The minimum atomic E-state index is -1.78. The summed E-state index contributed by atoms with van der Waals surface area (Å²) in [5.41, 5.74) is -0.580. The molecule has 2 amide bonds. The van der Waals surface area contributed by atoms with Crippen LogP contribution in [-0.4, -0.2) is 72.9 Å². The molecule has 6 N–H and O–H groups in total. The number of carbonyl (C=O) groups excluding carboxylic acids is 2. The zero-order valence-corrected chi connectivity index (χ0v) is 21.2. The predicted molar refractivity (Wildman–Crippen MR) is 132 cm³/mol. The highest BCUT2D eigenvalue weighted by Gasteiger charge is 2.36. The number of nitrogens with two attached hydrogens (primary N) is 1. The van der Waals surface area contributed by atoms with Crippen molar-refractivity contribution >= 4 is 23.8 Å². The van der Waals surface area contributed by atoms with E-state index >= 15 is 0 Å². The fourth-order valence-electron chi connectivity index (χ4n) is 4.70. The number of aliphatic hydroxyl groups is 2. The van der Waals surface area contributed by atoms with E-state index in [0.29, 0.717) is 12.3 Å². The number of hydrogen-bond donors (Lipinski definition) is 5. The number of nitrogens with one attached hydrogen (secondary N) is 1. The third-order valence-corrected chi connectivity index (χ3v) is 7.03. The van der Waals surface area contributed by atoms with Crippen LogP contribution in [0.5, 0.6) is 0 Å². The first-order valence-electron chi connectivity index (χ1n) is 12.5. The Labute approximate surface area is 219 Å². The molecule has 0 bridgehead atoms. The van der Waals surface area contributed by atoms with E-state index in [2.05, 4.69) is 16.9 Å². The summed E-state index contributed by atoms with van der Waals surface area (Å²) >= 11 is 0. The normalized spacial score (nSPS) is 21.7. The number of aliphatic carboxylic acids is 1. The van der Waals surface area contributed by atoms with E-state index < -0.39 is 54.2 Å². The fraction of sp³-hybridized carbons (Fsp3) is 0.625. The molecule has 38 heavy (non-hydrogen) atoms. The summed E-state index contributed by atoms with van der Waals surface area (Å²) in [5, 5.41) is 31.3. The number of carbonyl (C=O) groups is 3. The molecule has 1 aromatic rings. The Balaban J connectivity index is 1.58. The van der Waals surface area contributed by atoms with Gasteiger partial charge in [0.1, 0.15) is 5.82 Å². The molecule has 0 radical (unpaired) electrons. The van der Waals surface area contributed by atoms with Crippen LogP contribution in [0, 0.1) is 11.8 Å². The summed E-state index contributed by atoms with van der Waals surface area (Å²) in [7, 11) is 0. The molecule has 2 heterocycles. The van der Waals surface area contributed by atoms with Crippen LogP contribution in [-0.2, 0) is 19.1 Å². The van der Waals surface area contributed by atoms with Crippen LogP contribution in [0.15, 0.2) is 29.2 Å². The highest BCUT2D eigenvalue weighted by molar-refractivity contribution is 5.86. The molecule has 3 rings (SSSR count). The van der Waals surface area contributed by atoms with Crippen molar-refractivity contribution in [2.45, 2.75) is 76.5 Å². The van der Waals surface area contributed by atoms with E-state index in [4.69, 9.17) is 15.3 Å². The van der Waals surface area contributed by atoms with Crippen molar-refractivity contribution in [3.63, 3.8) is 0 Å². The van der Waals surface area contributed by atoms with Crippen molar-refractivity contribution in [1.82, 2.24) is 14.6 Å². The van der Waals surface area contributed by atoms with E-state index in [1.54, 1.807) is 0 Å². The highest BCUT2D eigenvalue weighted by atomic mass is 16.6. The van der Waals surface area contributed by atoms with Gasteiger partial charge in [0.15, 0.2) is 12.5 Å². The molecule has 4 atom stereocenters. The van der Waals surface area contributed by atoms with Gasteiger partial charge in [0.05, 0.1) is 18.6 Å². The Bertz CT molecular complexity index is 1090. The topological polar surface area (TPSA) is 207 Å². The summed E-state index contributed by atoms with van der Waals surface area (Å²) in [6, 6.07) is 0.0732. The minimum Gasteiger partial charge on any atom is -0.478 e. The zero-order valence-electron chi connectivity index (χ0n) is 21.2. The molecular weight excluding hydrogens is 502 g/mol. The number of amides is 2. The number of aromatic nitrogens is 2. The Morgan fingerprint density at radius 2 is 2.00 bits per heavy atom. The van der Waals surface area contributed by atoms with Gasteiger partial charge in [-0.2, -0.15) is 4.98 Å². The lowest BCUT2D eigenvalue weighted by Gasteiger charge is -2.29. The number of hydrogen-bond acceptors (Lipinski definition) is 10. The molecule has 14 heteroatoms. The van der Waals surface area contributed by atoms with Crippen molar-refractivity contribution in [3.8, 4) is 0 Å². The van der Waals surface area contributed by atoms with Gasteiger partial charge in [0.25, 0.3) is 0 Å². The third-order valence-electron chi connectivity index (χ3n) is 7.03. The van der Waals surface area contributed by atoms with E-state index in [9.17, 15) is 34.5 Å². The number of carboxylic acids is 1. The average Bonchev–Trinajstić information content (AvgIpc) is 3.26. The van der Waals surface area contributed by atoms with Crippen molar-refractivity contribution in [2.24, 2.45) is 17.7 Å². The van der Waals surface area contributed by atoms with Crippen LogP contribution in [0.1, 0.15) is 58.1 Å². The lowest BCUT2D eigenvalue weighted by atomic mass is 9.86. The first-order valence-corrected chi connectivity index (χ1v) is 12.5. The van der Waals surface area contributed by atoms with Gasteiger partial charge in [-0.1, -0.05) is 38.7 Å². The van der Waals surface area contributed by atoms with Gasteiger partial charge in [-0.3, -0.25) is 19.7 Å². The average molecular weight is 538 g/mol. The fourth-order valence-corrected chi connectivity index (χ4v) is 4.70. The van der Waals surface area contributed by atoms with Gasteiger partial charge in [-0.25, -0.2) is 20.2 Å². The van der Waals surface area contributed by atoms with Crippen molar-refractivity contribution < 1.29 is 39.2 Å². The molecule has 1 aromatic heterocycles. The molecule has 2 aliphatic rings. The SMILES string of the molecule is C=C1[C@H](C(O)O)CO[C@H]1n1ccc(NC(=O)O[C@H](C(=O)O)[C@H](C)N(N)C(=O)CCC2CCCCC2)nc1=O. The van der Waals surface area contributed by atoms with Gasteiger partial charge in [0.2, 0.25) is 12.0 Å². The van der Waals surface area contributed by atoms with Gasteiger partial charge < -0.3 is 24.8 Å². The van der Waals surface area contributed by atoms with E-state index in [0.717, 1.165) is 35.3 Å². The van der Waals surface area contributed by atoms with Gasteiger partial charge in [0, 0.05) is 12.6 Å². The van der Waals surface area contributed by atoms with Crippen LogP contribution in [0.25, 0.3) is 0 Å². The maximum atomic E-state index is 12.6. The van der Waals surface area contributed by atoms with Crippen LogP contribution in [0.2, 0.25) is 0 Å². The molecule has 1 saturated carbocycles. The van der Waals surface area contributed by atoms with Gasteiger partial charge in [-0.15, -0.1) is 0 Å². The largest absolute Gasteiger partial charge is 0.478 e. The number of hydrazine groups is 1. The molecule has 0 spiro atoms. The number of ether oxygens (including phenoxy) is 2. The smallest absolute Gasteiger partial charge is 0.413 e. The predicted octanol–water partition coefficient (Wildman–Crippen LogP) is 0.708. The van der Waals surface area contributed by atoms with Crippen molar-refractivity contribution in [3.05, 3.63) is 34.9 Å². The maximum absolute atomic E-state index is 12.6. The lowest BCUT2D eigenvalue weighted by Crippen LogP contribution is -2.53. The molecular formula is C24H35N5O9. The Morgan fingerprint density at radius 3 is 2.58 bits per heavy atom. The second-order valence-corrected chi connectivity index (χ2v) is 9.66. The Kier molecular flexibility index (Phi) is 9.96. The van der Waals surface area contributed by atoms with Crippen LogP contribution in [0.4, 0.5) is 10.6 Å². The van der Waals surface area contributed by atoms with Crippen LogP contribution >= 0.6 is 0 Å². The molecule has 0 unspecified atom stereocenters. The third kappa shape index (κ3) is 7.16. The molecule has 210 valence electrons. The minimum absolute atomic E-state index is 0.0596. The lowest BCUT2D eigenvalue weighted by molar-refractivity contribution is -0.152. The Morgan fingerprint density at radius 1 is 1.32 bits per heavy atom. The van der Waals surface area contributed by atoms with Crippen LogP contribution in [0.3, 0.4) is 0 Å². The summed E-state index contributed by atoms with van der Waals surface area (Å²) < 4.78 is 11.5.